The number of hydrogen-bond acceptors (Lipinski definition) is 6. The molecule has 1 aromatic heterocycles. The van der Waals surface area contributed by atoms with Crippen LogP contribution in [0.1, 0.15) is 38.1 Å². The topological polar surface area (TPSA) is 86.0 Å². The molecule has 1 unspecified atom stereocenters. The molecule has 0 bridgehead atoms. The van der Waals surface area contributed by atoms with Gasteiger partial charge in [-0.25, -0.2) is 4.79 Å². The van der Waals surface area contributed by atoms with Gasteiger partial charge in [0.2, 0.25) is 5.76 Å². The predicted molar refractivity (Wildman–Crippen MR) is 122 cm³/mol. The fraction of sp³-hybridized carbons (Fsp3) is 0.115. The number of fused-ring (bicyclic) bond motifs is 2. The Bertz CT molecular complexity index is 1450. The largest absolute Gasteiger partial charge is 0.497 e. The van der Waals surface area contributed by atoms with E-state index in [1.807, 2.05) is 0 Å². The van der Waals surface area contributed by atoms with Crippen LogP contribution in [0.3, 0.4) is 0 Å². The molecule has 7 heteroatoms. The lowest BCUT2D eigenvalue weighted by Gasteiger charge is -2.25. The van der Waals surface area contributed by atoms with E-state index in [1.165, 1.54) is 12.0 Å². The number of hydrogen-bond donors (Lipinski definition) is 0. The molecule has 33 heavy (non-hydrogen) atoms. The first-order valence-corrected chi connectivity index (χ1v) is 10.2. The average Bonchev–Trinajstić information content (AvgIpc) is 3.16. The molecule has 0 radical (unpaired) electrons. The number of amides is 1. The first-order valence-electron chi connectivity index (χ1n) is 10.2. The van der Waals surface area contributed by atoms with E-state index in [9.17, 15) is 14.4 Å². The highest BCUT2D eigenvalue weighted by atomic mass is 16.5. The Balaban J connectivity index is 1.75. The zero-order valence-electron chi connectivity index (χ0n) is 17.9. The summed E-state index contributed by atoms with van der Waals surface area (Å²) in [5, 5.41) is 0.396. The third-order valence-corrected chi connectivity index (χ3v) is 5.76. The molecular weight excluding hydrogens is 422 g/mol. The maximum atomic E-state index is 13.6. The van der Waals surface area contributed by atoms with Crippen LogP contribution in [-0.2, 0) is 4.74 Å². The predicted octanol–water partition coefficient (Wildman–Crippen LogP) is 4.34. The Kier molecular flexibility index (Phi) is 4.94. The Morgan fingerprint density at radius 2 is 1.70 bits per heavy atom. The van der Waals surface area contributed by atoms with E-state index in [4.69, 9.17) is 13.9 Å². The highest BCUT2D eigenvalue weighted by Crippen LogP contribution is 2.41. The lowest BCUT2D eigenvalue weighted by Crippen LogP contribution is -2.29. The average molecular weight is 441 g/mol. The Hall–Kier alpha value is -4.39. The molecule has 1 aliphatic heterocycles. The van der Waals surface area contributed by atoms with Gasteiger partial charge in [-0.15, -0.1) is 0 Å². The number of anilines is 1. The van der Waals surface area contributed by atoms with E-state index < -0.39 is 17.9 Å². The van der Waals surface area contributed by atoms with E-state index in [1.54, 1.807) is 79.9 Å². The summed E-state index contributed by atoms with van der Waals surface area (Å²) in [5.74, 6) is -0.327. The molecule has 0 N–H and O–H groups in total. The van der Waals surface area contributed by atoms with E-state index in [2.05, 4.69) is 0 Å². The van der Waals surface area contributed by atoms with Gasteiger partial charge in [0.1, 0.15) is 11.3 Å². The van der Waals surface area contributed by atoms with Crippen LogP contribution in [0.5, 0.6) is 5.75 Å². The second kappa shape index (κ2) is 7.94. The molecule has 0 saturated heterocycles. The Morgan fingerprint density at radius 1 is 0.939 bits per heavy atom. The summed E-state index contributed by atoms with van der Waals surface area (Å²) >= 11 is 0. The summed E-state index contributed by atoms with van der Waals surface area (Å²) in [6.07, 6.45) is 0. The normalized spacial score (nSPS) is 14.9. The maximum Gasteiger partial charge on any atom is 0.337 e. The van der Waals surface area contributed by atoms with Crippen molar-refractivity contribution < 1.29 is 23.5 Å². The molecule has 0 saturated carbocycles. The minimum Gasteiger partial charge on any atom is -0.497 e. The number of para-hydroxylation sites is 1. The molecule has 164 valence electrons. The van der Waals surface area contributed by atoms with Gasteiger partial charge in [-0.05, 0) is 42.0 Å². The lowest BCUT2D eigenvalue weighted by molar-refractivity contribution is 0.0600. The van der Waals surface area contributed by atoms with Gasteiger partial charge in [-0.3, -0.25) is 14.5 Å². The number of ether oxygens (including phenoxy) is 2. The first-order chi connectivity index (χ1) is 16.0. The van der Waals surface area contributed by atoms with Gasteiger partial charge in [0.05, 0.1) is 36.8 Å². The number of methoxy groups -OCH3 is 2. The molecule has 7 nitrogen and oxygen atoms in total. The van der Waals surface area contributed by atoms with Crippen LogP contribution < -0.4 is 15.1 Å². The van der Waals surface area contributed by atoms with Crippen LogP contribution in [0, 0.1) is 0 Å². The van der Waals surface area contributed by atoms with E-state index in [-0.39, 0.29) is 16.8 Å². The van der Waals surface area contributed by atoms with Gasteiger partial charge in [-0.2, -0.15) is 0 Å². The monoisotopic (exact) mass is 441 g/mol. The first kappa shape index (κ1) is 20.5. The van der Waals surface area contributed by atoms with Gasteiger partial charge < -0.3 is 13.9 Å². The minimum absolute atomic E-state index is 0.00330. The van der Waals surface area contributed by atoms with Crippen LogP contribution in [0.2, 0.25) is 0 Å². The lowest BCUT2D eigenvalue weighted by atomic mass is 9.97. The van der Waals surface area contributed by atoms with Gasteiger partial charge in [0.25, 0.3) is 5.91 Å². The Morgan fingerprint density at radius 3 is 2.42 bits per heavy atom. The smallest absolute Gasteiger partial charge is 0.337 e. The fourth-order valence-electron chi connectivity index (χ4n) is 4.18. The van der Waals surface area contributed by atoms with Crippen molar-refractivity contribution in [1.29, 1.82) is 0 Å². The third kappa shape index (κ3) is 3.25. The molecule has 1 atom stereocenters. The van der Waals surface area contributed by atoms with Crippen molar-refractivity contribution >= 4 is 28.5 Å². The molecular formula is C26H19NO6. The summed E-state index contributed by atoms with van der Waals surface area (Å²) in [6, 6.07) is 19.8. The summed E-state index contributed by atoms with van der Waals surface area (Å²) < 4.78 is 16.1. The zero-order valence-corrected chi connectivity index (χ0v) is 17.9. The summed E-state index contributed by atoms with van der Waals surface area (Å²) in [6.45, 7) is 0. The van der Waals surface area contributed by atoms with Crippen LogP contribution in [0.25, 0.3) is 11.0 Å². The molecule has 1 amide bonds. The molecule has 1 aliphatic rings. The van der Waals surface area contributed by atoms with Crippen molar-refractivity contribution in [3.05, 3.63) is 105 Å². The number of carbonyl (C=O) groups is 2. The van der Waals surface area contributed by atoms with Gasteiger partial charge in [-0.1, -0.05) is 30.3 Å². The standard InChI is InChI=1S/C26H19NO6/c1-31-18-7-5-6-17(14-18)27-22(15-10-12-16(13-11-15)26(30)32-2)21-23(28)19-8-3-4-9-20(19)33-24(21)25(27)29/h3-14,22H,1-2H3. The number of nitrogens with zero attached hydrogens (tertiary/aromatic N) is 1. The third-order valence-electron chi connectivity index (χ3n) is 5.76. The second-order valence-corrected chi connectivity index (χ2v) is 7.56. The fourth-order valence-corrected chi connectivity index (χ4v) is 4.18. The van der Waals surface area contributed by atoms with Crippen LogP contribution in [0.4, 0.5) is 5.69 Å². The molecule has 5 rings (SSSR count). The van der Waals surface area contributed by atoms with Crippen LogP contribution in [0.15, 0.2) is 82.0 Å². The van der Waals surface area contributed by atoms with E-state index in [0.717, 1.165) is 0 Å². The van der Waals surface area contributed by atoms with E-state index in [0.29, 0.717) is 33.5 Å². The molecule has 0 fully saturated rings. The Labute approximate surface area is 188 Å². The molecule has 4 aromatic rings. The maximum absolute atomic E-state index is 13.6. The summed E-state index contributed by atoms with van der Waals surface area (Å²) in [4.78, 5) is 40.5. The number of benzene rings is 3. The SMILES string of the molecule is COC(=O)c1ccc(C2c3c(oc4ccccc4c3=O)C(=O)N2c2cccc(OC)c2)cc1. The van der Waals surface area contributed by atoms with Gasteiger partial charge >= 0.3 is 5.97 Å². The summed E-state index contributed by atoms with van der Waals surface area (Å²) in [5.41, 5.74) is 1.91. The van der Waals surface area contributed by atoms with Crippen LogP contribution >= 0.6 is 0 Å². The van der Waals surface area contributed by atoms with Crippen LogP contribution in [-0.4, -0.2) is 26.1 Å². The van der Waals surface area contributed by atoms with Crippen molar-refractivity contribution in [3.8, 4) is 5.75 Å². The number of rotatable bonds is 4. The number of carbonyl (C=O) groups excluding carboxylic acids is 2. The molecule has 2 heterocycles. The highest BCUT2D eigenvalue weighted by Gasteiger charge is 2.43. The molecule has 0 aliphatic carbocycles. The quantitative estimate of drug-likeness (QED) is 0.438. The van der Waals surface area contributed by atoms with Crippen molar-refractivity contribution in [2.24, 2.45) is 0 Å². The zero-order chi connectivity index (χ0) is 23.1. The number of esters is 1. The van der Waals surface area contributed by atoms with Crippen molar-refractivity contribution in [3.63, 3.8) is 0 Å². The van der Waals surface area contributed by atoms with Gasteiger partial charge in [0.15, 0.2) is 5.43 Å². The van der Waals surface area contributed by atoms with Crippen molar-refractivity contribution in [1.82, 2.24) is 0 Å². The highest BCUT2D eigenvalue weighted by molar-refractivity contribution is 6.10. The van der Waals surface area contributed by atoms with Crippen molar-refractivity contribution in [2.45, 2.75) is 6.04 Å². The van der Waals surface area contributed by atoms with Crippen molar-refractivity contribution in [2.75, 3.05) is 19.1 Å². The minimum atomic E-state index is -0.743. The second-order valence-electron chi connectivity index (χ2n) is 7.56. The molecule has 0 spiro atoms. The summed E-state index contributed by atoms with van der Waals surface area (Å²) in [7, 11) is 2.85. The van der Waals surface area contributed by atoms with Gasteiger partial charge in [0, 0.05) is 11.8 Å². The molecule has 3 aromatic carbocycles. The van der Waals surface area contributed by atoms with E-state index >= 15 is 0 Å².